The Morgan fingerprint density at radius 2 is 2.06 bits per heavy atom. The van der Waals surface area contributed by atoms with E-state index in [0.29, 0.717) is 0 Å². The van der Waals surface area contributed by atoms with Crippen molar-refractivity contribution >= 4 is 22.3 Å². The lowest BCUT2D eigenvalue weighted by Crippen LogP contribution is -2.41. The number of nitrogens with one attached hydrogen (secondary N) is 1. The Morgan fingerprint density at radius 3 is 2.72 bits per heavy atom. The summed E-state index contributed by atoms with van der Waals surface area (Å²) in [5.41, 5.74) is 10.1. The van der Waals surface area contributed by atoms with Crippen LogP contribution < -0.4 is 11.1 Å². The molecule has 3 N–H and O–H groups in total. The van der Waals surface area contributed by atoms with Crippen molar-refractivity contribution in [1.29, 1.82) is 0 Å². The predicted molar refractivity (Wildman–Crippen MR) is 76.8 cm³/mol. The average Bonchev–Trinajstić information content (AvgIpc) is 2.28. The highest BCUT2D eigenvalue weighted by atomic mass is 15.0. The summed E-state index contributed by atoms with van der Waals surface area (Å²) in [6.07, 6.45) is 3.78. The van der Waals surface area contributed by atoms with E-state index in [4.69, 9.17) is 5.73 Å². The fourth-order valence-corrected chi connectivity index (χ4v) is 2.64. The van der Waals surface area contributed by atoms with Gasteiger partial charge in [0.1, 0.15) is 0 Å². The van der Waals surface area contributed by atoms with Crippen LogP contribution in [0.1, 0.15) is 31.9 Å². The Morgan fingerprint density at radius 1 is 1.28 bits per heavy atom. The van der Waals surface area contributed by atoms with Crippen LogP contribution in [0, 0.1) is 6.92 Å². The zero-order valence-electron chi connectivity index (χ0n) is 11.0. The van der Waals surface area contributed by atoms with Gasteiger partial charge in [-0.25, -0.2) is 0 Å². The van der Waals surface area contributed by atoms with E-state index in [2.05, 4.69) is 23.3 Å². The zero-order chi connectivity index (χ0) is 12.8. The number of fused-ring (bicyclic) bond motifs is 1. The number of aromatic nitrogens is 1. The van der Waals surface area contributed by atoms with Gasteiger partial charge in [-0.05, 0) is 57.4 Å². The molecule has 0 aliphatic heterocycles. The molecule has 3 heteroatoms. The van der Waals surface area contributed by atoms with E-state index in [1.807, 2.05) is 25.1 Å². The summed E-state index contributed by atoms with van der Waals surface area (Å²) in [6, 6.07) is 8.02. The number of anilines is 2. The Hall–Kier alpha value is -1.77. The molecule has 3 nitrogen and oxygen atoms in total. The van der Waals surface area contributed by atoms with Gasteiger partial charge < -0.3 is 11.1 Å². The number of nitrogens with two attached hydrogens (primary N) is 1. The molecule has 0 radical (unpaired) electrons. The summed E-state index contributed by atoms with van der Waals surface area (Å²) < 4.78 is 0. The van der Waals surface area contributed by atoms with Gasteiger partial charge in [-0.2, -0.15) is 0 Å². The van der Waals surface area contributed by atoms with Gasteiger partial charge in [0, 0.05) is 28.0 Å². The Bertz CT molecular complexity index is 600. The second kappa shape index (κ2) is 3.87. The molecule has 0 saturated heterocycles. The van der Waals surface area contributed by atoms with Crippen LogP contribution in [-0.2, 0) is 0 Å². The third kappa shape index (κ3) is 1.90. The highest BCUT2D eigenvalue weighted by molar-refractivity contribution is 5.93. The molecular formula is C15H19N3. The van der Waals surface area contributed by atoms with Crippen molar-refractivity contribution in [3.8, 4) is 0 Å². The number of hydrogen-bond acceptors (Lipinski definition) is 3. The molecule has 3 rings (SSSR count). The smallest absolute Gasteiger partial charge is 0.0727 e. The van der Waals surface area contributed by atoms with Crippen LogP contribution in [0.3, 0.4) is 0 Å². The van der Waals surface area contributed by atoms with E-state index in [9.17, 15) is 0 Å². The second-order valence-electron chi connectivity index (χ2n) is 5.63. The van der Waals surface area contributed by atoms with Crippen LogP contribution in [0.4, 0.5) is 11.4 Å². The highest BCUT2D eigenvalue weighted by Gasteiger charge is 2.31. The maximum absolute atomic E-state index is 5.89. The minimum Gasteiger partial charge on any atom is -0.399 e. The highest BCUT2D eigenvalue weighted by Crippen LogP contribution is 2.37. The number of rotatable bonds is 2. The normalized spacial score (nSPS) is 17.4. The summed E-state index contributed by atoms with van der Waals surface area (Å²) in [7, 11) is 0. The molecule has 94 valence electrons. The molecule has 1 saturated carbocycles. The van der Waals surface area contributed by atoms with E-state index in [1.54, 1.807) is 0 Å². The van der Waals surface area contributed by atoms with Crippen molar-refractivity contribution < 1.29 is 0 Å². The van der Waals surface area contributed by atoms with Gasteiger partial charge in [-0.1, -0.05) is 0 Å². The van der Waals surface area contributed by atoms with Crippen molar-refractivity contribution in [2.75, 3.05) is 11.1 Å². The number of hydrogen-bond donors (Lipinski definition) is 2. The third-order valence-electron chi connectivity index (χ3n) is 3.85. The molecular weight excluding hydrogens is 222 g/mol. The molecule has 1 aliphatic carbocycles. The van der Waals surface area contributed by atoms with Gasteiger partial charge in [-0.15, -0.1) is 0 Å². The predicted octanol–water partition coefficient (Wildman–Crippen LogP) is 3.48. The first-order chi connectivity index (χ1) is 8.56. The fraction of sp³-hybridized carbons (Fsp3) is 0.400. The molecule has 1 aromatic heterocycles. The molecule has 1 heterocycles. The van der Waals surface area contributed by atoms with Crippen molar-refractivity contribution in [1.82, 2.24) is 4.98 Å². The molecule has 1 aromatic carbocycles. The zero-order valence-corrected chi connectivity index (χ0v) is 11.0. The van der Waals surface area contributed by atoms with Crippen molar-refractivity contribution in [2.24, 2.45) is 0 Å². The standard InChI is InChI=1S/C15H19N3/c1-10-8-14(18-15(2)6-3-7-15)12-9-11(16)4-5-13(12)17-10/h4-5,8-9H,3,6-7,16H2,1-2H3,(H,17,18). The second-order valence-corrected chi connectivity index (χ2v) is 5.63. The minimum atomic E-state index is 0.241. The number of benzene rings is 1. The number of pyridine rings is 1. The van der Waals surface area contributed by atoms with Crippen LogP contribution in [0.25, 0.3) is 10.9 Å². The Kier molecular flexibility index (Phi) is 2.44. The lowest BCUT2D eigenvalue weighted by molar-refractivity contribution is 0.307. The molecule has 1 fully saturated rings. The Balaban J connectivity index is 2.11. The van der Waals surface area contributed by atoms with Crippen LogP contribution in [0.5, 0.6) is 0 Å². The van der Waals surface area contributed by atoms with Crippen LogP contribution >= 0.6 is 0 Å². The topological polar surface area (TPSA) is 50.9 Å². The molecule has 1 aliphatic rings. The summed E-state index contributed by atoms with van der Waals surface area (Å²) in [6.45, 7) is 4.31. The van der Waals surface area contributed by atoms with E-state index in [0.717, 1.165) is 28.0 Å². The van der Waals surface area contributed by atoms with Crippen molar-refractivity contribution in [2.45, 2.75) is 38.6 Å². The molecule has 0 spiro atoms. The van der Waals surface area contributed by atoms with Crippen LogP contribution in [0.2, 0.25) is 0 Å². The number of nitrogen functional groups attached to an aromatic ring is 1. The van der Waals surface area contributed by atoms with Crippen molar-refractivity contribution in [3.05, 3.63) is 30.0 Å². The average molecular weight is 241 g/mol. The maximum Gasteiger partial charge on any atom is 0.0727 e. The molecule has 0 atom stereocenters. The van der Waals surface area contributed by atoms with Crippen LogP contribution in [0.15, 0.2) is 24.3 Å². The van der Waals surface area contributed by atoms with Crippen LogP contribution in [-0.4, -0.2) is 10.5 Å². The Labute approximate surface area is 107 Å². The largest absolute Gasteiger partial charge is 0.399 e. The third-order valence-corrected chi connectivity index (χ3v) is 3.85. The van der Waals surface area contributed by atoms with Crippen molar-refractivity contribution in [3.63, 3.8) is 0 Å². The van der Waals surface area contributed by atoms with Gasteiger partial charge in [0.05, 0.1) is 5.52 Å². The first kappa shape index (κ1) is 11.3. The first-order valence-electron chi connectivity index (χ1n) is 6.51. The number of nitrogens with zero attached hydrogens (tertiary/aromatic N) is 1. The van der Waals surface area contributed by atoms with Gasteiger partial charge in [-0.3, -0.25) is 4.98 Å². The minimum absolute atomic E-state index is 0.241. The SMILES string of the molecule is Cc1cc(NC2(C)CCC2)c2cc(N)ccc2n1. The van der Waals surface area contributed by atoms with Gasteiger partial charge in [0.2, 0.25) is 0 Å². The lowest BCUT2D eigenvalue weighted by Gasteiger charge is -2.40. The summed E-state index contributed by atoms with van der Waals surface area (Å²) >= 11 is 0. The molecule has 0 amide bonds. The quantitative estimate of drug-likeness (QED) is 0.791. The molecule has 0 bridgehead atoms. The monoisotopic (exact) mass is 241 g/mol. The van der Waals surface area contributed by atoms with E-state index in [-0.39, 0.29) is 5.54 Å². The van der Waals surface area contributed by atoms with E-state index in [1.165, 1.54) is 19.3 Å². The first-order valence-corrected chi connectivity index (χ1v) is 6.51. The molecule has 18 heavy (non-hydrogen) atoms. The fourth-order valence-electron chi connectivity index (χ4n) is 2.64. The number of aryl methyl sites for hydroxylation is 1. The molecule has 2 aromatic rings. The van der Waals surface area contributed by atoms with Gasteiger partial charge in [0.25, 0.3) is 0 Å². The van der Waals surface area contributed by atoms with E-state index >= 15 is 0 Å². The molecule has 0 unspecified atom stereocenters. The summed E-state index contributed by atoms with van der Waals surface area (Å²) in [5.74, 6) is 0. The maximum atomic E-state index is 5.89. The summed E-state index contributed by atoms with van der Waals surface area (Å²) in [4.78, 5) is 4.56. The summed E-state index contributed by atoms with van der Waals surface area (Å²) in [5, 5.41) is 4.79. The van der Waals surface area contributed by atoms with Gasteiger partial charge >= 0.3 is 0 Å². The lowest BCUT2D eigenvalue weighted by atomic mass is 9.78. The van der Waals surface area contributed by atoms with Gasteiger partial charge in [0.15, 0.2) is 0 Å². The van der Waals surface area contributed by atoms with E-state index < -0.39 is 0 Å².